The van der Waals surface area contributed by atoms with Crippen LogP contribution < -0.4 is 4.72 Å². The lowest BCUT2D eigenvalue weighted by Gasteiger charge is -2.18. The SMILES string of the molecule is CNS(=O)(=O)C1CCN(C(=O)C(C)C)C1. The van der Waals surface area contributed by atoms with Gasteiger partial charge in [-0.2, -0.15) is 0 Å². The van der Waals surface area contributed by atoms with Crippen LogP contribution in [-0.4, -0.2) is 44.6 Å². The maximum absolute atomic E-state index is 11.6. The van der Waals surface area contributed by atoms with E-state index in [1.807, 2.05) is 13.8 Å². The zero-order valence-corrected chi connectivity index (χ0v) is 10.2. The Kier molecular flexibility index (Phi) is 3.72. The molecule has 5 nitrogen and oxygen atoms in total. The van der Waals surface area contributed by atoms with Gasteiger partial charge in [0.1, 0.15) is 0 Å². The third-order valence-electron chi connectivity index (χ3n) is 2.67. The van der Waals surface area contributed by atoms with Crippen LogP contribution in [0.1, 0.15) is 20.3 Å². The van der Waals surface area contributed by atoms with Crippen LogP contribution in [0.3, 0.4) is 0 Å². The smallest absolute Gasteiger partial charge is 0.225 e. The van der Waals surface area contributed by atoms with Crippen molar-refractivity contribution in [2.24, 2.45) is 5.92 Å². The van der Waals surface area contributed by atoms with Gasteiger partial charge in [-0.15, -0.1) is 0 Å². The van der Waals surface area contributed by atoms with Crippen molar-refractivity contribution in [3.63, 3.8) is 0 Å². The lowest BCUT2D eigenvalue weighted by Crippen LogP contribution is -2.37. The van der Waals surface area contributed by atoms with E-state index in [0.717, 1.165) is 0 Å². The highest BCUT2D eigenvalue weighted by Gasteiger charge is 2.34. The largest absolute Gasteiger partial charge is 0.341 e. The summed E-state index contributed by atoms with van der Waals surface area (Å²) in [7, 11) is -1.83. The summed E-state index contributed by atoms with van der Waals surface area (Å²) in [6.45, 7) is 4.51. The summed E-state index contributed by atoms with van der Waals surface area (Å²) in [5.74, 6) is -0.0372. The number of hydrogen-bond donors (Lipinski definition) is 1. The van der Waals surface area contributed by atoms with Crippen molar-refractivity contribution in [2.75, 3.05) is 20.1 Å². The molecule has 1 aliphatic heterocycles. The van der Waals surface area contributed by atoms with E-state index in [0.29, 0.717) is 19.5 Å². The molecule has 88 valence electrons. The molecule has 0 aromatic carbocycles. The molecule has 1 N–H and O–H groups in total. The van der Waals surface area contributed by atoms with Crippen LogP contribution in [0.25, 0.3) is 0 Å². The van der Waals surface area contributed by atoms with Crippen LogP contribution in [0.4, 0.5) is 0 Å². The van der Waals surface area contributed by atoms with Gasteiger partial charge in [-0.1, -0.05) is 13.8 Å². The van der Waals surface area contributed by atoms with E-state index in [1.54, 1.807) is 4.90 Å². The van der Waals surface area contributed by atoms with Gasteiger partial charge in [0.15, 0.2) is 0 Å². The number of nitrogens with zero attached hydrogens (tertiary/aromatic N) is 1. The summed E-state index contributed by atoms with van der Waals surface area (Å²) >= 11 is 0. The van der Waals surface area contributed by atoms with E-state index in [2.05, 4.69) is 4.72 Å². The second-order valence-electron chi connectivity index (χ2n) is 4.10. The van der Waals surface area contributed by atoms with Crippen LogP contribution in [0.2, 0.25) is 0 Å². The summed E-state index contributed by atoms with van der Waals surface area (Å²) in [6, 6.07) is 0. The molecule has 1 heterocycles. The second kappa shape index (κ2) is 4.49. The number of carbonyl (C=O) groups is 1. The average molecular weight is 234 g/mol. The van der Waals surface area contributed by atoms with Crippen molar-refractivity contribution >= 4 is 15.9 Å². The van der Waals surface area contributed by atoms with Gasteiger partial charge < -0.3 is 4.90 Å². The summed E-state index contributed by atoms with van der Waals surface area (Å²) in [5.41, 5.74) is 0. The minimum Gasteiger partial charge on any atom is -0.341 e. The fourth-order valence-electron chi connectivity index (χ4n) is 1.71. The third-order valence-corrected chi connectivity index (χ3v) is 4.51. The van der Waals surface area contributed by atoms with E-state index in [9.17, 15) is 13.2 Å². The third kappa shape index (κ3) is 2.69. The fourth-order valence-corrected chi connectivity index (χ4v) is 2.84. The van der Waals surface area contributed by atoms with Gasteiger partial charge in [-0.05, 0) is 13.5 Å². The first-order chi connectivity index (χ1) is 6.88. The van der Waals surface area contributed by atoms with Gasteiger partial charge in [0.25, 0.3) is 0 Å². The summed E-state index contributed by atoms with van der Waals surface area (Å²) in [6.07, 6.45) is 0.529. The lowest BCUT2D eigenvalue weighted by molar-refractivity contribution is -0.133. The summed E-state index contributed by atoms with van der Waals surface area (Å²) < 4.78 is 25.3. The van der Waals surface area contributed by atoms with Crippen molar-refractivity contribution in [3.8, 4) is 0 Å². The van der Waals surface area contributed by atoms with Crippen LogP contribution in [0, 0.1) is 5.92 Å². The molecule has 1 fully saturated rings. The molecule has 1 saturated heterocycles. The number of carbonyl (C=O) groups excluding carboxylic acids is 1. The van der Waals surface area contributed by atoms with Gasteiger partial charge >= 0.3 is 0 Å². The zero-order chi connectivity index (χ0) is 11.6. The molecule has 0 saturated carbocycles. The molecule has 15 heavy (non-hydrogen) atoms. The van der Waals surface area contributed by atoms with E-state index < -0.39 is 15.3 Å². The first-order valence-electron chi connectivity index (χ1n) is 5.09. The molecular weight excluding hydrogens is 216 g/mol. The molecule has 1 aliphatic rings. The molecule has 0 spiro atoms. The normalized spacial score (nSPS) is 22.4. The van der Waals surface area contributed by atoms with Crippen molar-refractivity contribution in [2.45, 2.75) is 25.5 Å². The van der Waals surface area contributed by atoms with Gasteiger partial charge in [0.05, 0.1) is 5.25 Å². The summed E-state index contributed by atoms with van der Waals surface area (Å²) in [5, 5.41) is -0.454. The predicted molar refractivity (Wildman–Crippen MR) is 57.8 cm³/mol. The number of nitrogens with one attached hydrogen (secondary N) is 1. The lowest BCUT2D eigenvalue weighted by atomic mass is 10.2. The topological polar surface area (TPSA) is 66.5 Å². The maximum Gasteiger partial charge on any atom is 0.225 e. The standard InChI is InChI=1S/C9H18N2O3S/c1-7(2)9(12)11-5-4-8(6-11)15(13,14)10-3/h7-8,10H,4-6H2,1-3H3. The Morgan fingerprint density at radius 2 is 2.07 bits per heavy atom. The van der Waals surface area contributed by atoms with Gasteiger partial charge in [-0.25, -0.2) is 13.1 Å². The number of hydrogen-bond acceptors (Lipinski definition) is 3. The molecule has 1 atom stereocenters. The zero-order valence-electron chi connectivity index (χ0n) is 9.36. The monoisotopic (exact) mass is 234 g/mol. The maximum atomic E-state index is 11.6. The Balaban J connectivity index is 2.65. The molecule has 1 unspecified atom stereocenters. The first kappa shape index (κ1) is 12.4. The van der Waals surface area contributed by atoms with Crippen LogP contribution >= 0.6 is 0 Å². The highest BCUT2D eigenvalue weighted by Crippen LogP contribution is 2.17. The summed E-state index contributed by atoms with van der Waals surface area (Å²) in [4.78, 5) is 13.2. The van der Waals surface area contributed by atoms with E-state index in [-0.39, 0.29) is 11.8 Å². The van der Waals surface area contributed by atoms with Crippen molar-refractivity contribution in [3.05, 3.63) is 0 Å². The number of likely N-dealkylation sites (tertiary alicyclic amines) is 1. The van der Waals surface area contributed by atoms with E-state index >= 15 is 0 Å². The average Bonchev–Trinajstić information content (AvgIpc) is 2.65. The number of amides is 1. The van der Waals surface area contributed by atoms with Crippen molar-refractivity contribution in [1.82, 2.24) is 9.62 Å². The van der Waals surface area contributed by atoms with E-state index in [4.69, 9.17) is 0 Å². The Morgan fingerprint density at radius 1 is 1.47 bits per heavy atom. The molecule has 0 aromatic rings. The quantitative estimate of drug-likeness (QED) is 0.735. The Morgan fingerprint density at radius 3 is 2.53 bits per heavy atom. The van der Waals surface area contributed by atoms with Crippen LogP contribution in [0.15, 0.2) is 0 Å². The minimum atomic E-state index is -3.23. The molecule has 0 bridgehead atoms. The van der Waals surface area contributed by atoms with Crippen LogP contribution in [-0.2, 0) is 14.8 Å². The Labute approximate surface area is 90.9 Å². The molecule has 0 radical (unpaired) electrons. The van der Waals surface area contributed by atoms with E-state index in [1.165, 1.54) is 7.05 Å². The minimum absolute atomic E-state index is 0.0313. The molecule has 1 amide bonds. The predicted octanol–water partition coefficient (Wildman–Crippen LogP) is -0.208. The molecule has 6 heteroatoms. The van der Waals surface area contributed by atoms with Gasteiger partial charge in [-0.3, -0.25) is 4.79 Å². The van der Waals surface area contributed by atoms with Crippen LogP contribution in [0.5, 0.6) is 0 Å². The number of sulfonamides is 1. The molecule has 1 rings (SSSR count). The highest BCUT2D eigenvalue weighted by atomic mass is 32.2. The van der Waals surface area contributed by atoms with Gasteiger partial charge in [0.2, 0.25) is 15.9 Å². The highest BCUT2D eigenvalue weighted by molar-refractivity contribution is 7.90. The number of rotatable bonds is 3. The molecule has 0 aromatic heterocycles. The Bertz CT molecular complexity index is 337. The van der Waals surface area contributed by atoms with Gasteiger partial charge in [0, 0.05) is 19.0 Å². The molecular formula is C9H18N2O3S. The molecule has 0 aliphatic carbocycles. The Hall–Kier alpha value is -0.620. The van der Waals surface area contributed by atoms with Crippen molar-refractivity contribution < 1.29 is 13.2 Å². The fraction of sp³-hybridized carbons (Fsp3) is 0.889. The first-order valence-corrected chi connectivity index (χ1v) is 6.64. The second-order valence-corrected chi connectivity index (χ2v) is 6.26. The van der Waals surface area contributed by atoms with Crippen molar-refractivity contribution in [1.29, 1.82) is 0 Å².